The zero-order valence-corrected chi connectivity index (χ0v) is 13.9. The van der Waals surface area contributed by atoms with Gasteiger partial charge < -0.3 is 9.84 Å². The van der Waals surface area contributed by atoms with E-state index >= 15 is 0 Å². The van der Waals surface area contributed by atoms with Gasteiger partial charge >= 0.3 is 29.9 Å². The van der Waals surface area contributed by atoms with Crippen molar-refractivity contribution in [1.82, 2.24) is 0 Å². The van der Waals surface area contributed by atoms with Crippen LogP contribution in [0, 0.1) is 17.8 Å². The van der Waals surface area contributed by atoms with Crippen molar-refractivity contribution in [3.05, 3.63) is 0 Å². The van der Waals surface area contributed by atoms with Crippen LogP contribution in [0.3, 0.4) is 0 Å². The maximum Gasteiger partial charge on any atom is 0.438 e. The first-order valence-electron chi connectivity index (χ1n) is 7.61. The molecule has 2 aliphatic carbocycles. The Kier molecular flexibility index (Phi) is 4.27. The summed E-state index contributed by atoms with van der Waals surface area (Å²) < 4.78 is 112. The van der Waals surface area contributed by atoms with Crippen LogP contribution in [0.25, 0.3) is 0 Å². The maximum absolute atomic E-state index is 13.2. The van der Waals surface area contributed by atoms with Gasteiger partial charge in [-0.1, -0.05) is 0 Å². The Morgan fingerprint density at radius 2 is 1.63 bits per heavy atom. The van der Waals surface area contributed by atoms with Crippen molar-refractivity contribution in [2.45, 2.75) is 48.6 Å². The smallest absolute Gasteiger partial charge is 0.438 e. The molecule has 0 aromatic rings. The van der Waals surface area contributed by atoms with E-state index in [0.29, 0.717) is 0 Å². The van der Waals surface area contributed by atoms with Gasteiger partial charge in [0.25, 0.3) is 10.1 Å². The molecule has 3 aliphatic rings. The van der Waals surface area contributed by atoms with E-state index in [1.165, 1.54) is 0 Å². The minimum absolute atomic E-state index is 0.0237. The third-order valence-electron chi connectivity index (χ3n) is 5.33. The standard InChI is InChI=1S/C13H12F6O7S/c14-12(15,16)11(3-7(20)21,13(17,18)19)25-10(22)8-4-1-5-6(2-4)26-27(23,24)9(5)8/h4-6,8-9H,1-3H2,(H,20,21). The molecule has 1 heterocycles. The summed E-state index contributed by atoms with van der Waals surface area (Å²) in [6.07, 6.45) is -15.9. The van der Waals surface area contributed by atoms with Gasteiger partial charge in [-0.3, -0.25) is 13.8 Å². The summed E-state index contributed by atoms with van der Waals surface area (Å²) in [4.78, 5) is 22.9. The van der Waals surface area contributed by atoms with E-state index in [2.05, 4.69) is 4.74 Å². The van der Waals surface area contributed by atoms with Crippen LogP contribution >= 0.6 is 0 Å². The lowest BCUT2D eigenvalue weighted by atomic mass is 9.86. The molecule has 2 saturated carbocycles. The molecule has 1 N–H and O–H groups in total. The van der Waals surface area contributed by atoms with Gasteiger partial charge in [0, 0.05) is 5.92 Å². The fourth-order valence-electron chi connectivity index (χ4n) is 4.28. The van der Waals surface area contributed by atoms with E-state index in [1.807, 2.05) is 0 Å². The number of halogens is 6. The highest BCUT2D eigenvalue weighted by Gasteiger charge is 2.76. The van der Waals surface area contributed by atoms with Crippen LogP contribution in [0.2, 0.25) is 0 Å². The molecule has 3 fully saturated rings. The first-order chi connectivity index (χ1) is 12.1. The summed E-state index contributed by atoms with van der Waals surface area (Å²) in [7, 11) is -4.35. The summed E-state index contributed by atoms with van der Waals surface area (Å²) in [6, 6.07) is 0. The SMILES string of the molecule is O=C(O)CC(OC(=O)C1C2CC3OS(=O)(=O)C1C3C2)(C(F)(F)F)C(F)(F)F. The third-order valence-corrected chi connectivity index (χ3v) is 7.15. The third kappa shape index (κ3) is 2.87. The number of ether oxygens (including phenoxy) is 1. The summed E-state index contributed by atoms with van der Waals surface area (Å²) in [5.74, 6) is -7.86. The fraction of sp³-hybridized carbons (Fsp3) is 0.846. The highest BCUT2D eigenvalue weighted by molar-refractivity contribution is 7.87. The second-order valence-electron chi connectivity index (χ2n) is 6.83. The molecule has 154 valence electrons. The second-order valence-corrected chi connectivity index (χ2v) is 8.55. The molecular weight excluding hydrogens is 414 g/mol. The molecule has 7 nitrogen and oxygen atoms in total. The van der Waals surface area contributed by atoms with Crippen LogP contribution in [-0.2, 0) is 28.6 Å². The van der Waals surface area contributed by atoms with Crippen molar-refractivity contribution in [3.8, 4) is 0 Å². The van der Waals surface area contributed by atoms with Crippen LogP contribution in [0.15, 0.2) is 0 Å². The van der Waals surface area contributed by atoms with Crippen molar-refractivity contribution in [1.29, 1.82) is 0 Å². The highest BCUT2D eigenvalue weighted by Crippen LogP contribution is 2.58. The molecule has 0 aromatic heterocycles. The normalized spacial score (nSPS) is 34.7. The number of hydrogen-bond acceptors (Lipinski definition) is 6. The molecule has 14 heteroatoms. The Morgan fingerprint density at radius 1 is 1.07 bits per heavy atom. The van der Waals surface area contributed by atoms with E-state index in [-0.39, 0.29) is 12.8 Å². The van der Waals surface area contributed by atoms with Crippen LogP contribution < -0.4 is 0 Å². The largest absolute Gasteiger partial charge is 0.481 e. The topological polar surface area (TPSA) is 107 Å². The highest BCUT2D eigenvalue weighted by atomic mass is 32.2. The number of alkyl halides is 6. The van der Waals surface area contributed by atoms with E-state index in [0.717, 1.165) is 0 Å². The number of carboxylic acids is 1. The monoisotopic (exact) mass is 426 g/mol. The molecule has 1 aliphatic heterocycles. The molecule has 3 rings (SSSR count). The lowest BCUT2D eigenvalue weighted by Gasteiger charge is -2.37. The lowest BCUT2D eigenvalue weighted by Crippen LogP contribution is -2.61. The van der Waals surface area contributed by atoms with Crippen LogP contribution in [0.5, 0.6) is 0 Å². The van der Waals surface area contributed by atoms with Gasteiger partial charge in [0.1, 0.15) is 11.7 Å². The van der Waals surface area contributed by atoms with E-state index in [4.69, 9.17) is 9.29 Å². The molecule has 27 heavy (non-hydrogen) atoms. The molecule has 5 atom stereocenters. The molecule has 0 radical (unpaired) electrons. The number of hydrogen-bond donors (Lipinski definition) is 1. The summed E-state index contributed by atoms with van der Waals surface area (Å²) in [5, 5.41) is 6.94. The van der Waals surface area contributed by atoms with Crippen molar-refractivity contribution >= 4 is 22.1 Å². The number of carbonyl (C=O) groups excluding carboxylic acids is 1. The molecule has 2 bridgehead atoms. The van der Waals surface area contributed by atoms with Crippen LogP contribution in [0.4, 0.5) is 26.3 Å². The molecule has 1 saturated heterocycles. The number of carbonyl (C=O) groups is 2. The Hall–Kier alpha value is -1.57. The molecule has 0 spiro atoms. The number of aliphatic carboxylic acids is 1. The van der Waals surface area contributed by atoms with Gasteiger partial charge in [0.05, 0.1) is 12.0 Å². The van der Waals surface area contributed by atoms with Gasteiger partial charge in [-0.05, 0) is 18.8 Å². The van der Waals surface area contributed by atoms with Crippen molar-refractivity contribution in [2.24, 2.45) is 17.8 Å². The molecule has 5 unspecified atom stereocenters. The quantitative estimate of drug-likeness (QED) is 0.414. The zero-order chi connectivity index (χ0) is 20.6. The zero-order valence-electron chi connectivity index (χ0n) is 13.1. The predicted molar refractivity (Wildman–Crippen MR) is 70.5 cm³/mol. The van der Waals surface area contributed by atoms with Crippen LogP contribution in [0.1, 0.15) is 19.3 Å². The van der Waals surface area contributed by atoms with Gasteiger partial charge in [0.2, 0.25) is 0 Å². The summed E-state index contributed by atoms with van der Waals surface area (Å²) in [5.41, 5.74) is -5.28. The van der Waals surface area contributed by atoms with Crippen molar-refractivity contribution in [2.75, 3.05) is 0 Å². The summed E-state index contributed by atoms with van der Waals surface area (Å²) >= 11 is 0. The predicted octanol–water partition coefficient (Wildman–Crippen LogP) is 1.62. The van der Waals surface area contributed by atoms with E-state index in [9.17, 15) is 44.3 Å². The Morgan fingerprint density at radius 3 is 2.11 bits per heavy atom. The second kappa shape index (κ2) is 5.72. The Labute approximate surface area is 147 Å². The van der Waals surface area contributed by atoms with Crippen molar-refractivity contribution < 1.29 is 58.4 Å². The first-order valence-corrected chi connectivity index (χ1v) is 9.08. The summed E-state index contributed by atoms with van der Waals surface area (Å²) in [6.45, 7) is 0. The average Bonchev–Trinajstić information content (AvgIpc) is 3.03. The molecule has 0 aromatic carbocycles. The number of esters is 1. The van der Waals surface area contributed by atoms with Gasteiger partial charge in [-0.2, -0.15) is 34.8 Å². The minimum atomic E-state index is -6.29. The lowest BCUT2D eigenvalue weighted by molar-refractivity contribution is -0.370. The Balaban J connectivity index is 1.97. The first kappa shape index (κ1) is 20.2. The van der Waals surface area contributed by atoms with Gasteiger partial charge in [-0.15, -0.1) is 0 Å². The number of rotatable bonds is 4. The van der Waals surface area contributed by atoms with E-state index in [1.54, 1.807) is 0 Å². The van der Waals surface area contributed by atoms with Crippen LogP contribution in [-0.4, -0.2) is 54.8 Å². The molecule has 0 amide bonds. The van der Waals surface area contributed by atoms with Gasteiger partial charge in [0.15, 0.2) is 0 Å². The minimum Gasteiger partial charge on any atom is -0.481 e. The average molecular weight is 426 g/mol. The van der Waals surface area contributed by atoms with E-state index < -0.39 is 75.5 Å². The molecular formula is C13H12F6O7S. The number of fused-ring (bicyclic) bond motifs is 1. The maximum atomic E-state index is 13.2. The Bertz CT molecular complexity index is 757. The van der Waals surface area contributed by atoms with Crippen molar-refractivity contribution in [3.63, 3.8) is 0 Å². The van der Waals surface area contributed by atoms with Gasteiger partial charge in [-0.25, -0.2) is 0 Å². The fourth-order valence-corrected chi connectivity index (χ4v) is 6.38. The number of carboxylic acid groups (broad SMARTS) is 1.